The fourth-order valence-electron chi connectivity index (χ4n) is 2.94. The quantitative estimate of drug-likeness (QED) is 0.244. The van der Waals surface area contributed by atoms with Crippen LogP contribution in [0.5, 0.6) is 5.75 Å². The number of anilines is 1. The highest BCUT2D eigenvalue weighted by Gasteiger charge is 2.20. The number of benzene rings is 1. The summed E-state index contributed by atoms with van der Waals surface area (Å²) in [4.78, 5) is 25.8. The first-order chi connectivity index (χ1) is 16.4. The van der Waals surface area contributed by atoms with Crippen molar-refractivity contribution in [2.45, 2.75) is 45.5 Å². The van der Waals surface area contributed by atoms with Crippen LogP contribution in [0.3, 0.4) is 0 Å². The second kappa shape index (κ2) is 12.4. The molecule has 12 heteroatoms. The summed E-state index contributed by atoms with van der Waals surface area (Å²) in [6, 6.07) is 6.74. The largest absolute Gasteiger partial charge is 0.484 e. The van der Waals surface area contributed by atoms with Gasteiger partial charge in [0.05, 0.1) is 22.9 Å². The molecule has 1 amide bonds. The molecule has 2 heterocycles. The van der Waals surface area contributed by atoms with Crippen molar-refractivity contribution in [1.82, 2.24) is 14.8 Å². The maximum atomic E-state index is 12.6. The Balaban J connectivity index is 1.63. The molecular formula is C22H24Cl2N4O4S2. The Kier molecular flexibility index (Phi) is 9.63. The van der Waals surface area contributed by atoms with Crippen LogP contribution < -0.4 is 10.1 Å². The van der Waals surface area contributed by atoms with Gasteiger partial charge in [-0.15, -0.1) is 21.5 Å². The molecule has 0 radical (unpaired) electrons. The minimum atomic E-state index is -0.448. The van der Waals surface area contributed by atoms with Crippen LogP contribution in [-0.2, 0) is 29.1 Å². The van der Waals surface area contributed by atoms with Crippen LogP contribution in [0.15, 0.2) is 29.4 Å². The van der Waals surface area contributed by atoms with Crippen molar-refractivity contribution in [2.75, 3.05) is 17.7 Å². The molecular weight excluding hydrogens is 519 g/mol. The normalized spacial score (nSPS) is 10.9. The van der Waals surface area contributed by atoms with Crippen molar-refractivity contribution in [2.24, 2.45) is 0 Å². The van der Waals surface area contributed by atoms with Crippen molar-refractivity contribution in [3.8, 4) is 5.75 Å². The summed E-state index contributed by atoms with van der Waals surface area (Å²) < 4.78 is 12.7. The highest BCUT2D eigenvalue weighted by molar-refractivity contribution is 7.99. The minimum absolute atomic E-state index is 0.0980. The molecule has 2 aromatic heterocycles. The van der Waals surface area contributed by atoms with Gasteiger partial charge in [-0.2, -0.15) is 0 Å². The lowest BCUT2D eigenvalue weighted by Crippen LogP contribution is -2.16. The van der Waals surface area contributed by atoms with E-state index in [9.17, 15) is 9.59 Å². The highest BCUT2D eigenvalue weighted by Crippen LogP contribution is 2.30. The molecule has 0 aliphatic heterocycles. The summed E-state index contributed by atoms with van der Waals surface area (Å²) >= 11 is 14.8. The molecule has 0 atom stereocenters. The van der Waals surface area contributed by atoms with Gasteiger partial charge in [0.2, 0.25) is 5.91 Å². The van der Waals surface area contributed by atoms with Crippen LogP contribution in [0.25, 0.3) is 0 Å². The second-order valence-electron chi connectivity index (χ2n) is 6.87. The number of halogens is 2. The SMILES string of the molecule is CCOC(=O)c1cc(CC)sc1NC(=O)CSc1nnc(COc2cc(Cl)ccc2Cl)n1CC. The minimum Gasteiger partial charge on any atom is -0.484 e. The van der Waals surface area contributed by atoms with E-state index in [1.165, 1.54) is 23.1 Å². The highest BCUT2D eigenvalue weighted by atomic mass is 35.5. The third-order valence-corrected chi connectivity index (χ3v) is 7.28. The van der Waals surface area contributed by atoms with Gasteiger partial charge in [-0.25, -0.2) is 4.79 Å². The predicted molar refractivity (Wildman–Crippen MR) is 135 cm³/mol. The van der Waals surface area contributed by atoms with Crippen molar-refractivity contribution >= 4 is 63.2 Å². The molecule has 34 heavy (non-hydrogen) atoms. The molecule has 3 aromatic rings. The van der Waals surface area contributed by atoms with Crippen LogP contribution >= 0.6 is 46.3 Å². The number of nitrogens with one attached hydrogen (secondary N) is 1. The molecule has 0 aliphatic carbocycles. The smallest absolute Gasteiger partial charge is 0.341 e. The summed E-state index contributed by atoms with van der Waals surface area (Å²) in [6.07, 6.45) is 0.756. The molecule has 1 N–H and O–H groups in total. The summed E-state index contributed by atoms with van der Waals surface area (Å²) in [5.41, 5.74) is 0.373. The fourth-order valence-corrected chi connectivity index (χ4v) is 5.10. The van der Waals surface area contributed by atoms with Crippen molar-refractivity contribution in [3.63, 3.8) is 0 Å². The van der Waals surface area contributed by atoms with Crippen LogP contribution in [-0.4, -0.2) is 39.0 Å². The number of amides is 1. The Morgan fingerprint density at radius 1 is 1.18 bits per heavy atom. The molecule has 0 bridgehead atoms. The fraction of sp³-hybridized carbons (Fsp3) is 0.364. The summed E-state index contributed by atoms with van der Waals surface area (Å²) in [5.74, 6) is 0.441. The first-order valence-corrected chi connectivity index (χ1v) is 13.1. The standard InChI is InChI=1S/C22H24Cl2N4O4S2/c1-4-14-10-15(21(30)31-6-3)20(34-14)25-19(29)12-33-22-27-26-18(28(22)5-2)11-32-17-9-13(23)7-8-16(17)24/h7-10H,4-6,11-12H2,1-3H3,(H,25,29). The van der Waals surface area contributed by atoms with Gasteiger partial charge in [-0.3, -0.25) is 4.79 Å². The van der Waals surface area contributed by atoms with Crippen molar-refractivity contribution < 1.29 is 19.1 Å². The number of thioether (sulfide) groups is 1. The summed E-state index contributed by atoms with van der Waals surface area (Å²) in [7, 11) is 0. The third kappa shape index (κ3) is 6.65. The maximum absolute atomic E-state index is 12.6. The van der Waals surface area contributed by atoms with Gasteiger partial charge in [-0.1, -0.05) is 41.9 Å². The lowest BCUT2D eigenvalue weighted by molar-refractivity contribution is -0.113. The van der Waals surface area contributed by atoms with Gasteiger partial charge in [0.25, 0.3) is 0 Å². The molecule has 0 spiro atoms. The van der Waals surface area contributed by atoms with E-state index in [-0.39, 0.29) is 24.9 Å². The van der Waals surface area contributed by atoms with E-state index in [4.69, 9.17) is 32.7 Å². The number of esters is 1. The number of ether oxygens (including phenoxy) is 2. The number of hydrogen-bond donors (Lipinski definition) is 1. The predicted octanol–water partition coefficient (Wildman–Crippen LogP) is 5.72. The zero-order valence-electron chi connectivity index (χ0n) is 18.9. The Morgan fingerprint density at radius 3 is 2.68 bits per heavy atom. The van der Waals surface area contributed by atoms with Crippen molar-refractivity contribution in [3.05, 3.63) is 50.6 Å². The van der Waals surface area contributed by atoms with E-state index in [1.54, 1.807) is 31.2 Å². The van der Waals surface area contributed by atoms with E-state index in [1.807, 2.05) is 18.4 Å². The number of aryl methyl sites for hydroxylation is 1. The molecule has 0 unspecified atom stereocenters. The van der Waals surface area contributed by atoms with E-state index < -0.39 is 5.97 Å². The Bertz CT molecular complexity index is 1170. The van der Waals surface area contributed by atoms with E-state index in [0.717, 1.165) is 11.3 Å². The molecule has 0 aliphatic rings. The Hall–Kier alpha value is -2.27. The van der Waals surface area contributed by atoms with Crippen molar-refractivity contribution in [1.29, 1.82) is 0 Å². The van der Waals surface area contributed by atoms with Gasteiger partial charge >= 0.3 is 5.97 Å². The summed E-state index contributed by atoms with van der Waals surface area (Å²) in [6.45, 7) is 6.69. The van der Waals surface area contributed by atoms with Crippen LogP contribution in [0.2, 0.25) is 10.0 Å². The molecule has 3 rings (SSSR count). The van der Waals surface area contributed by atoms with Gasteiger partial charge in [0.1, 0.15) is 17.4 Å². The first kappa shape index (κ1) is 26.3. The van der Waals surface area contributed by atoms with Gasteiger partial charge in [0, 0.05) is 22.5 Å². The number of carbonyl (C=O) groups excluding carboxylic acids is 2. The summed E-state index contributed by atoms with van der Waals surface area (Å²) in [5, 5.41) is 13.2. The first-order valence-electron chi connectivity index (χ1n) is 10.6. The van der Waals surface area contributed by atoms with Crippen LogP contribution in [0, 0.1) is 0 Å². The lowest BCUT2D eigenvalue weighted by Gasteiger charge is -2.10. The van der Waals surface area contributed by atoms with Gasteiger partial charge in [-0.05, 0) is 38.5 Å². The lowest BCUT2D eigenvalue weighted by atomic mass is 10.2. The Morgan fingerprint density at radius 2 is 1.97 bits per heavy atom. The average molecular weight is 543 g/mol. The third-order valence-electron chi connectivity index (χ3n) is 4.57. The molecule has 8 nitrogen and oxygen atoms in total. The number of hydrogen-bond acceptors (Lipinski definition) is 8. The Labute approximate surface area is 215 Å². The number of rotatable bonds is 11. The van der Waals surface area contributed by atoms with Gasteiger partial charge in [0.15, 0.2) is 11.0 Å². The average Bonchev–Trinajstić information content (AvgIpc) is 3.41. The molecule has 182 valence electrons. The second-order valence-corrected chi connectivity index (χ2v) is 9.80. The number of aromatic nitrogens is 3. The van der Waals surface area contributed by atoms with E-state index >= 15 is 0 Å². The van der Waals surface area contributed by atoms with E-state index in [2.05, 4.69) is 15.5 Å². The molecule has 0 saturated heterocycles. The van der Waals surface area contributed by atoms with Gasteiger partial charge < -0.3 is 19.4 Å². The van der Waals surface area contributed by atoms with Crippen LogP contribution in [0.4, 0.5) is 5.00 Å². The maximum Gasteiger partial charge on any atom is 0.341 e. The van der Waals surface area contributed by atoms with E-state index in [0.29, 0.717) is 43.9 Å². The molecule has 0 fully saturated rings. The topological polar surface area (TPSA) is 95.3 Å². The zero-order valence-corrected chi connectivity index (χ0v) is 22.0. The molecule has 0 saturated carbocycles. The number of thiophene rings is 1. The monoisotopic (exact) mass is 542 g/mol. The van der Waals surface area contributed by atoms with Crippen LogP contribution in [0.1, 0.15) is 41.8 Å². The number of nitrogens with zero attached hydrogens (tertiary/aromatic N) is 3. The zero-order chi connectivity index (χ0) is 24.7. The number of carbonyl (C=O) groups is 2. The molecule has 1 aromatic carbocycles.